The number of likely N-dealkylation sites (tertiary alicyclic amines) is 1. The number of likely N-dealkylation sites (N-methyl/N-ethyl adjacent to an activating group) is 1. The molecule has 2 rings (SSSR count). The van der Waals surface area contributed by atoms with Gasteiger partial charge in [0.05, 0.1) is 6.54 Å². The average Bonchev–Trinajstić information content (AvgIpc) is 3.05. The van der Waals surface area contributed by atoms with Crippen LogP contribution in [0.3, 0.4) is 0 Å². The summed E-state index contributed by atoms with van der Waals surface area (Å²) < 4.78 is 5.29. The first-order valence-electron chi connectivity index (χ1n) is 7.50. The predicted molar refractivity (Wildman–Crippen MR) is 74.9 cm³/mol. The lowest BCUT2D eigenvalue weighted by Crippen LogP contribution is -2.31. The van der Waals surface area contributed by atoms with Crippen molar-refractivity contribution in [1.82, 2.24) is 19.9 Å². The largest absolute Gasteiger partial charge is 0.338 e. The second-order valence-electron chi connectivity index (χ2n) is 5.49. The van der Waals surface area contributed by atoms with Gasteiger partial charge in [0.2, 0.25) is 5.89 Å². The van der Waals surface area contributed by atoms with Crippen molar-refractivity contribution in [1.29, 1.82) is 0 Å². The number of unbranched alkanes of at least 4 members (excludes halogenated alkanes) is 1. The van der Waals surface area contributed by atoms with Gasteiger partial charge in [-0.25, -0.2) is 0 Å². The summed E-state index contributed by atoms with van der Waals surface area (Å²) in [4.78, 5) is 9.22. The molecule has 0 aliphatic carbocycles. The minimum atomic E-state index is 0.745. The lowest BCUT2D eigenvalue weighted by molar-refractivity contribution is 0.227. The van der Waals surface area contributed by atoms with E-state index in [1.807, 2.05) is 0 Å². The highest BCUT2D eigenvalue weighted by molar-refractivity contribution is 4.86. The zero-order valence-electron chi connectivity index (χ0n) is 12.3. The van der Waals surface area contributed by atoms with Crippen LogP contribution in [0, 0.1) is 0 Å². The average molecular weight is 266 g/mol. The normalized spacial score (nSPS) is 16.6. The molecule has 0 N–H and O–H groups in total. The highest BCUT2D eigenvalue weighted by atomic mass is 16.5. The van der Waals surface area contributed by atoms with Gasteiger partial charge in [-0.15, -0.1) is 0 Å². The van der Waals surface area contributed by atoms with Crippen LogP contribution in [0.1, 0.15) is 44.3 Å². The Kier molecular flexibility index (Phi) is 5.79. The van der Waals surface area contributed by atoms with E-state index in [9.17, 15) is 0 Å². The molecule has 1 aromatic rings. The van der Waals surface area contributed by atoms with Crippen LogP contribution >= 0.6 is 0 Å². The van der Waals surface area contributed by atoms with Crippen LogP contribution in [0.15, 0.2) is 4.52 Å². The molecular weight excluding hydrogens is 240 g/mol. The zero-order chi connectivity index (χ0) is 13.5. The van der Waals surface area contributed by atoms with Gasteiger partial charge in [-0.05, 0) is 39.4 Å². The topological polar surface area (TPSA) is 45.4 Å². The van der Waals surface area contributed by atoms with Crippen molar-refractivity contribution in [2.75, 3.05) is 33.2 Å². The van der Waals surface area contributed by atoms with Crippen LogP contribution < -0.4 is 0 Å². The molecule has 0 spiro atoms. The first kappa shape index (κ1) is 14.5. The van der Waals surface area contributed by atoms with Crippen LogP contribution in [0.25, 0.3) is 0 Å². The molecule has 1 fully saturated rings. The van der Waals surface area contributed by atoms with Crippen LogP contribution in [0.2, 0.25) is 0 Å². The highest BCUT2D eigenvalue weighted by Gasteiger charge is 2.13. The molecule has 0 saturated carbocycles. The number of aromatic nitrogens is 2. The number of aryl methyl sites for hydroxylation is 1. The molecule has 1 aliphatic heterocycles. The van der Waals surface area contributed by atoms with E-state index in [4.69, 9.17) is 4.52 Å². The van der Waals surface area contributed by atoms with Gasteiger partial charge in [0.15, 0.2) is 5.82 Å². The van der Waals surface area contributed by atoms with Gasteiger partial charge in [-0.3, -0.25) is 4.90 Å². The van der Waals surface area contributed by atoms with E-state index in [2.05, 4.69) is 33.9 Å². The number of hydrogen-bond donors (Lipinski definition) is 0. The summed E-state index contributed by atoms with van der Waals surface area (Å²) in [6.45, 7) is 7.66. The summed E-state index contributed by atoms with van der Waals surface area (Å²) in [6.07, 6.45) is 5.93. The molecule has 2 heterocycles. The van der Waals surface area contributed by atoms with Crippen molar-refractivity contribution in [3.8, 4) is 0 Å². The van der Waals surface area contributed by atoms with E-state index in [-0.39, 0.29) is 0 Å². The molecule has 1 aromatic heterocycles. The second kappa shape index (κ2) is 7.60. The van der Waals surface area contributed by atoms with Gasteiger partial charge in [-0.2, -0.15) is 4.98 Å². The van der Waals surface area contributed by atoms with E-state index in [0.717, 1.165) is 44.2 Å². The lowest BCUT2D eigenvalue weighted by atomic mass is 10.2. The molecule has 5 heteroatoms. The second-order valence-corrected chi connectivity index (χ2v) is 5.49. The molecular formula is C14H26N4O. The first-order chi connectivity index (χ1) is 9.28. The Labute approximate surface area is 116 Å². The SMILES string of the molecule is CCCCc1noc(CN(C)CCN2CCCC2)n1. The van der Waals surface area contributed by atoms with E-state index < -0.39 is 0 Å². The molecule has 1 aliphatic rings. The van der Waals surface area contributed by atoms with Crippen molar-refractivity contribution in [3.63, 3.8) is 0 Å². The standard InChI is InChI=1S/C14H26N4O/c1-3-4-7-13-15-14(19-16-13)12-17(2)10-11-18-8-5-6-9-18/h3-12H2,1-2H3. The van der Waals surface area contributed by atoms with Gasteiger partial charge in [-0.1, -0.05) is 18.5 Å². The predicted octanol–water partition coefficient (Wildman–Crippen LogP) is 1.94. The molecule has 0 amide bonds. The van der Waals surface area contributed by atoms with Crippen LogP contribution in [0.4, 0.5) is 0 Å². The third-order valence-electron chi connectivity index (χ3n) is 3.67. The maximum absolute atomic E-state index is 5.29. The third-order valence-corrected chi connectivity index (χ3v) is 3.67. The van der Waals surface area contributed by atoms with E-state index in [1.165, 1.54) is 32.4 Å². The molecule has 5 nitrogen and oxygen atoms in total. The fraction of sp³-hybridized carbons (Fsp3) is 0.857. The van der Waals surface area contributed by atoms with Crippen molar-refractivity contribution in [2.24, 2.45) is 0 Å². The maximum atomic E-state index is 5.29. The smallest absolute Gasteiger partial charge is 0.240 e. The monoisotopic (exact) mass is 266 g/mol. The summed E-state index contributed by atoms with van der Waals surface area (Å²) in [5.74, 6) is 1.60. The molecule has 0 radical (unpaired) electrons. The van der Waals surface area contributed by atoms with Crippen LogP contribution in [-0.4, -0.2) is 53.2 Å². The highest BCUT2D eigenvalue weighted by Crippen LogP contribution is 2.08. The quantitative estimate of drug-likeness (QED) is 0.719. The summed E-state index contributed by atoms with van der Waals surface area (Å²) in [7, 11) is 2.12. The zero-order valence-corrected chi connectivity index (χ0v) is 12.3. The summed E-state index contributed by atoms with van der Waals surface area (Å²) >= 11 is 0. The summed E-state index contributed by atoms with van der Waals surface area (Å²) in [5, 5.41) is 4.02. The molecule has 0 unspecified atom stereocenters. The minimum Gasteiger partial charge on any atom is -0.338 e. The van der Waals surface area contributed by atoms with Gasteiger partial charge < -0.3 is 9.42 Å². The molecule has 0 atom stereocenters. The van der Waals surface area contributed by atoms with E-state index in [1.54, 1.807) is 0 Å². The number of nitrogens with zero attached hydrogens (tertiary/aromatic N) is 4. The Bertz CT molecular complexity index is 360. The van der Waals surface area contributed by atoms with Crippen molar-refractivity contribution in [3.05, 3.63) is 11.7 Å². The van der Waals surface area contributed by atoms with Crippen molar-refractivity contribution < 1.29 is 4.52 Å². The Morgan fingerprint density at radius 2 is 2.11 bits per heavy atom. The number of rotatable bonds is 8. The fourth-order valence-electron chi connectivity index (χ4n) is 2.42. The van der Waals surface area contributed by atoms with Crippen LogP contribution in [-0.2, 0) is 13.0 Å². The summed E-state index contributed by atoms with van der Waals surface area (Å²) in [5.41, 5.74) is 0. The molecule has 19 heavy (non-hydrogen) atoms. The van der Waals surface area contributed by atoms with Gasteiger partial charge in [0, 0.05) is 19.5 Å². The van der Waals surface area contributed by atoms with E-state index in [0.29, 0.717) is 0 Å². The molecule has 108 valence electrons. The first-order valence-corrected chi connectivity index (χ1v) is 7.50. The Hall–Kier alpha value is -0.940. The van der Waals surface area contributed by atoms with Gasteiger partial charge >= 0.3 is 0 Å². The van der Waals surface area contributed by atoms with Gasteiger partial charge in [0.25, 0.3) is 0 Å². The Morgan fingerprint density at radius 3 is 2.84 bits per heavy atom. The molecule has 0 bridgehead atoms. The van der Waals surface area contributed by atoms with Crippen molar-refractivity contribution in [2.45, 2.75) is 45.6 Å². The van der Waals surface area contributed by atoms with E-state index >= 15 is 0 Å². The van der Waals surface area contributed by atoms with Crippen molar-refractivity contribution >= 4 is 0 Å². The molecule has 1 saturated heterocycles. The fourth-order valence-corrected chi connectivity index (χ4v) is 2.42. The third kappa shape index (κ3) is 4.91. The number of hydrogen-bond acceptors (Lipinski definition) is 5. The maximum Gasteiger partial charge on any atom is 0.240 e. The minimum absolute atomic E-state index is 0.745. The van der Waals surface area contributed by atoms with Gasteiger partial charge in [0.1, 0.15) is 0 Å². The summed E-state index contributed by atoms with van der Waals surface area (Å²) in [6, 6.07) is 0. The van der Waals surface area contributed by atoms with Crippen LogP contribution in [0.5, 0.6) is 0 Å². The Morgan fingerprint density at radius 1 is 1.32 bits per heavy atom. The molecule has 0 aromatic carbocycles. The lowest BCUT2D eigenvalue weighted by Gasteiger charge is -2.19. The Balaban J connectivity index is 1.68.